The first-order valence-electron chi connectivity index (χ1n) is 6.39. The zero-order valence-corrected chi connectivity index (χ0v) is 11.3. The fourth-order valence-corrected chi connectivity index (χ4v) is 1.93. The molecule has 1 aliphatic rings. The first-order chi connectivity index (χ1) is 9.15. The van der Waals surface area contributed by atoms with Gasteiger partial charge in [0.25, 0.3) is 0 Å². The number of carbonyl (C=O) groups excluding carboxylic acids is 1. The van der Waals surface area contributed by atoms with Crippen molar-refractivity contribution in [3.63, 3.8) is 0 Å². The molecule has 2 N–H and O–H groups in total. The third-order valence-electron chi connectivity index (χ3n) is 2.92. The Morgan fingerprint density at radius 1 is 1.63 bits per heavy atom. The molecule has 6 heteroatoms. The molecule has 6 nitrogen and oxygen atoms in total. The second kappa shape index (κ2) is 6.49. The molecule has 0 radical (unpaired) electrons. The number of amides is 1. The summed E-state index contributed by atoms with van der Waals surface area (Å²) >= 11 is 0. The van der Waals surface area contributed by atoms with E-state index in [4.69, 9.17) is 4.74 Å². The lowest BCUT2D eigenvalue weighted by Gasteiger charge is -2.23. The molecule has 0 aliphatic carbocycles. The molecule has 19 heavy (non-hydrogen) atoms. The molecule has 1 saturated heterocycles. The van der Waals surface area contributed by atoms with Crippen molar-refractivity contribution in [1.29, 1.82) is 0 Å². The average molecular weight is 264 g/mol. The van der Waals surface area contributed by atoms with Gasteiger partial charge in [0.05, 0.1) is 13.2 Å². The van der Waals surface area contributed by atoms with E-state index in [9.17, 15) is 4.79 Å². The van der Waals surface area contributed by atoms with E-state index in [1.54, 1.807) is 12.3 Å². The van der Waals surface area contributed by atoms with Gasteiger partial charge >= 0.3 is 0 Å². The van der Waals surface area contributed by atoms with Gasteiger partial charge in [-0.3, -0.25) is 4.79 Å². The smallest absolute Gasteiger partial charge is 0.226 e. The Kier molecular flexibility index (Phi) is 4.70. The zero-order valence-electron chi connectivity index (χ0n) is 11.3. The summed E-state index contributed by atoms with van der Waals surface area (Å²) < 4.78 is 5.32. The highest BCUT2D eigenvalue weighted by atomic mass is 16.5. The summed E-state index contributed by atoms with van der Waals surface area (Å²) in [7, 11) is 3.83. The van der Waals surface area contributed by atoms with E-state index >= 15 is 0 Å². The van der Waals surface area contributed by atoms with Gasteiger partial charge in [0.2, 0.25) is 5.91 Å². The average Bonchev–Trinajstić information content (AvgIpc) is 2.40. The molecule has 1 aliphatic heterocycles. The topological polar surface area (TPSA) is 66.5 Å². The first kappa shape index (κ1) is 13.8. The standard InChI is InChI=1S/C13H20N4O2/c1-17(2)12-7-10(3-4-15-12)16-13(18)8-11-9-19-6-5-14-11/h3-4,7,11,14H,5-6,8-9H2,1-2H3,(H,15,16,18). The van der Waals surface area contributed by atoms with Gasteiger partial charge < -0.3 is 20.3 Å². The number of rotatable bonds is 4. The first-order valence-corrected chi connectivity index (χ1v) is 6.39. The van der Waals surface area contributed by atoms with E-state index in [0.717, 1.165) is 18.1 Å². The third-order valence-corrected chi connectivity index (χ3v) is 2.92. The number of anilines is 2. The van der Waals surface area contributed by atoms with Crippen molar-refractivity contribution < 1.29 is 9.53 Å². The van der Waals surface area contributed by atoms with Gasteiger partial charge in [-0.15, -0.1) is 0 Å². The van der Waals surface area contributed by atoms with Crippen LogP contribution >= 0.6 is 0 Å². The lowest BCUT2D eigenvalue weighted by atomic mass is 10.2. The molecule has 1 fully saturated rings. The second-order valence-electron chi connectivity index (χ2n) is 4.78. The van der Waals surface area contributed by atoms with Crippen LogP contribution in [0.2, 0.25) is 0 Å². The van der Waals surface area contributed by atoms with E-state index in [-0.39, 0.29) is 11.9 Å². The third kappa shape index (κ3) is 4.18. The largest absolute Gasteiger partial charge is 0.378 e. The number of ether oxygens (including phenoxy) is 1. The van der Waals surface area contributed by atoms with Crippen molar-refractivity contribution >= 4 is 17.4 Å². The minimum atomic E-state index is -0.0149. The molecule has 1 amide bonds. The second-order valence-corrected chi connectivity index (χ2v) is 4.78. The summed E-state index contributed by atoms with van der Waals surface area (Å²) in [6.07, 6.45) is 2.10. The predicted molar refractivity (Wildman–Crippen MR) is 74.4 cm³/mol. The Hall–Kier alpha value is -1.66. The van der Waals surface area contributed by atoms with Gasteiger partial charge in [-0.05, 0) is 6.07 Å². The van der Waals surface area contributed by atoms with Crippen molar-refractivity contribution in [3.8, 4) is 0 Å². The Balaban J connectivity index is 1.89. The molecule has 1 atom stereocenters. The van der Waals surface area contributed by atoms with Crippen LogP contribution in [0, 0.1) is 0 Å². The lowest BCUT2D eigenvalue weighted by molar-refractivity contribution is -0.117. The zero-order chi connectivity index (χ0) is 13.7. The molecule has 0 bridgehead atoms. The van der Waals surface area contributed by atoms with E-state index in [2.05, 4.69) is 15.6 Å². The Bertz CT molecular complexity index is 430. The highest BCUT2D eigenvalue weighted by molar-refractivity contribution is 5.91. The number of pyridine rings is 1. The summed E-state index contributed by atoms with van der Waals surface area (Å²) in [5.74, 6) is 0.802. The molecule has 1 aromatic heterocycles. The fourth-order valence-electron chi connectivity index (χ4n) is 1.93. The van der Waals surface area contributed by atoms with E-state index < -0.39 is 0 Å². The van der Waals surface area contributed by atoms with Gasteiger partial charge in [-0.1, -0.05) is 0 Å². The van der Waals surface area contributed by atoms with Crippen molar-refractivity contribution in [2.24, 2.45) is 0 Å². The summed E-state index contributed by atoms with van der Waals surface area (Å²) in [6.45, 7) is 2.11. The van der Waals surface area contributed by atoms with Gasteiger partial charge in [-0.2, -0.15) is 0 Å². The van der Waals surface area contributed by atoms with Crippen LogP contribution in [0.5, 0.6) is 0 Å². The van der Waals surface area contributed by atoms with Crippen molar-refractivity contribution in [2.45, 2.75) is 12.5 Å². The molecule has 0 saturated carbocycles. The van der Waals surface area contributed by atoms with E-state index in [0.29, 0.717) is 19.6 Å². The monoisotopic (exact) mass is 264 g/mol. The van der Waals surface area contributed by atoms with Crippen LogP contribution in [0.4, 0.5) is 11.5 Å². The maximum atomic E-state index is 11.9. The van der Waals surface area contributed by atoms with Crippen LogP contribution in [0.25, 0.3) is 0 Å². The number of nitrogens with zero attached hydrogens (tertiary/aromatic N) is 2. The van der Waals surface area contributed by atoms with E-state index in [1.807, 2.05) is 25.1 Å². The molecule has 0 spiro atoms. The molecule has 2 heterocycles. The van der Waals surface area contributed by atoms with Crippen LogP contribution in [-0.2, 0) is 9.53 Å². The Morgan fingerprint density at radius 2 is 2.47 bits per heavy atom. The van der Waals surface area contributed by atoms with Gasteiger partial charge in [0, 0.05) is 51.1 Å². The van der Waals surface area contributed by atoms with Gasteiger partial charge in [0.15, 0.2) is 0 Å². The number of hydrogen-bond acceptors (Lipinski definition) is 5. The molecule has 2 rings (SSSR count). The SMILES string of the molecule is CN(C)c1cc(NC(=O)CC2COCCN2)ccn1. The summed E-state index contributed by atoms with van der Waals surface area (Å²) in [5, 5.41) is 6.14. The summed E-state index contributed by atoms with van der Waals surface area (Å²) in [5.41, 5.74) is 0.764. The molecule has 1 unspecified atom stereocenters. The van der Waals surface area contributed by atoms with Crippen molar-refractivity contribution in [1.82, 2.24) is 10.3 Å². The minimum absolute atomic E-state index is 0.0149. The van der Waals surface area contributed by atoms with Crippen LogP contribution in [0.15, 0.2) is 18.3 Å². The van der Waals surface area contributed by atoms with Crippen LogP contribution < -0.4 is 15.5 Å². The molecule has 0 aromatic carbocycles. The predicted octanol–water partition coefficient (Wildman–Crippen LogP) is 0.465. The molecule has 104 valence electrons. The fraction of sp³-hybridized carbons (Fsp3) is 0.538. The maximum absolute atomic E-state index is 11.9. The molecule has 1 aromatic rings. The highest BCUT2D eigenvalue weighted by Crippen LogP contribution is 2.14. The number of carbonyl (C=O) groups is 1. The minimum Gasteiger partial charge on any atom is -0.378 e. The molecular formula is C13H20N4O2. The highest BCUT2D eigenvalue weighted by Gasteiger charge is 2.16. The maximum Gasteiger partial charge on any atom is 0.226 e. The van der Waals surface area contributed by atoms with Gasteiger partial charge in [-0.25, -0.2) is 4.98 Å². The van der Waals surface area contributed by atoms with Crippen LogP contribution in [-0.4, -0.2) is 50.8 Å². The Labute approximate surface area is 113 Å². The van der Waals surface area contributed by atoms with Crippen LogP contribution in [0.1, 0.15) is 6.42 Å². The summed E-state index contributed by atoms with van der Waals surface area (Å²) in [6, 6.07) is 3.74. The van der Waals surface area contributed by atoms with Crippen molar-refractivity contribution in [3.05, 3.63) is 18.3 Å². The van der Waals surface area contributed by atoms with E-state index in [1.165, 1.54) is 0 Å². The number of aromatic nitrogens is 1. The van der Waals surface area contributed by atoms with Gasteiger partial charge in [0.1, 0.15) is 5.82 Å². The number of nitrogens with one attached hydrogen (secondary N) is 2. The van der Waals surface area contributed by atoms with Crippen molar-refractivity contribution in [2.75, 3.05) is 44.1 Å². The summed E-state index contributed by atoms with van der Waals surface area (Å²) in [4.78, 5) is 18.0. The normalized spacial score (nSPS) is 18.9. The Morgan fingerprint density at radius 3 is 3.16 bits per heavy atom. The number of hydrogen-bond donors (Lipinski definition) is 2. The lowest BCUT2D eigenvalue weighted by Crippen LogP contribution is -2.43. The molecular weight excluding hydrogens is 244 g/mol. The number of morpholine rings is 1. The van der Waals surface area contributed by atoms with Crippen LogP contribution in [0.3, 0.4) is 0 Å². The quantitative estimate of drug-likeness (QED) is 0.827.